The molecule has 1 aliphatic rings. The first-order chi connectivity index (χ1) is 8.50. The van der Waals surface area contributed by atoms with Crippen molar-refractivity contribution in [1.29, 1.82) is 0 Å². The molecule has 0 aromatic carbocycles. The molecule has 1 fully saturated rings. The van der Waals surface area contributed by atoms with Crippen molar-refractivity contribution in [2.24, 2.45) is 0 Å². The Morgan fingerprint density at radius 1 is 1.56 bits per heavy atom. The Morgan fingerprint density at radius 2 is 2.28 bits per heavy atom. The van der Waals surface area contributed by atoms with E-state index >= 15 is 0 Å². The minimum absolute atomic E-state index is 0.260. The largest absolute Gasteiger partial charge is 0.480 e. The number of hydrogen-bond donors (Lipinski definition) is 1. The summed E-state index contributed by atoms with van der Waals surface area (Å²) in [5.74, 6) is -1.34. The highest BCUT2D eigenvalue weighted by Gasteiger charge is 2.35. The number of aliphatic carboxylic acids is 1. The van der Waals surface area contributed by atoms with Gasteiger partial charge in [0, 0.05) is 18.4 Å². The Kier molecular flexibility index (Phi) is 3.52. The highest BCUT2D eigenvalue weighted by Crippen LogP contribution is 2.23. The van der Waals surface area contributed by atoms with Crippen molar-refractivity contribution in [2.75, 3.05) is 6.54 Å². The molecular weight excluding hydrogens is 256 g/mol. The number of carboxylic acids is 1. The zero-order chi connectivity index (χ0) is 13.3. The molecule has 0 saturated carbocycles. The second-order valence-electron chi connectivity index (χ2n) is 4.30. The van der Waals surface area contributed by atoms with E-state index in [0.717, 1.165) is 0 Å². The molecule has 2 rings (SSSR count). The van der Waals surface area contributed by atoms with E-state index in [0.29, 0.717) is 30.1 Å². The van der Waals surface area contributed by atoms with Crippen molar-refractivity contribution < 1.29 is 14.7 Å². The normalized spacial score (nSPS) is 19.0. The Morgan fingerprint density at radius 3 is 2.89 bits per heavy atom. The molecule has 1 N–H and O–H groups in total. The molecule has 2 heterocycles. The molecule has 18 heavy (non-hydrogen) atoms. The van der Waals surface area contributed by atoms with E-state index in [1.54, 1.807) is 13.0 Å². The minimum atomic E-state index is -0.975. The maximum Gasteiger partial charge on any atom is 0.326 e. The molecule has 1 amide bonds. The number of carbonyl (C=O) groups is 2. The molecule has 0 radical (unpaired) electrons. The molecule has 1 saturated heterocycles. The van der Waals surface area contributed by atoms with Crippen LogP contribution < -0.4 is 0 Å². The number of halogens is 1. The van der Waals surface area contributed by atoms with Gasteiger partial charge in [0.2, 0.25) is 0 Å². The van der Waals surface area contributed by atoms with Crippen LogP contribution in [0.2, 0.25) is 5.02 Å². The van der Waals surface area contributed by atoms with Crippen LogP contribution in [0, 0.1) is 6.92 Å². The number of carbonyl (C=O) groups excluding carboxylic acids is 1. The number of pyridine rings is 1. The highest BCUT2D eigenvalue weighted by molar-refractivity contribution is 6.33. The molecule has 6 heteroatoms. The van der Waals surface area contributed by atoms with E-state index in [2.05, 4.69) is 4.98 Å². The first-order valence-corrected chi connectivity index (χ1v) is 6.04. The predicted octanol–water partition coefficient (Wildman–Crippen LogP) is 1.73. The number of carboxylic acid groups (broad SMARTS) is 1. The molecule has 0 bridgehead atoms. The lowest BCUT2D eigenvalue weighted by molar-refractivity contribution is -0.141. The van der Waals surface area contributed by atoms with Crippen LogP contribution in [0.4, 0.5) is 0 Å². The van der Waals surface area contributed by atoms with Gasteiger partial charge in [-0.1, -0.05) is 11.6 Å². The second kappa shape index (κ2) is 4.94. The summed E-state index contributed by atoms with van der Waals surface area (Å²) in [5.41, 5.74) is 0.975. The van der Waals surface area contributed by atoms with Crippen molar-refractivity contribution >= 4 is 23.5 Å². The summed E-state index contributed by atoms with van der Waals surface area (Å²) < 4.78 is 0. The van der Waals surface area contributed by atoms with Crippen LogP contribution in [0.15, 0.2) is 12.3 Å². The van der Waals surface area contributed by atoms with Crippen LogP contribution in [0.25, 0.3) is 0 Å². The average molecular weight is 269 g/mol. The molecule has 1 aliphatic heterocycles. The summed E-state index contributed by atoms with van der Waals surface area (Å²) in [7, 11) is 0. The van der Waals surface area contributed by atoms with Crippen LogP contribution in [0.1, 0.15) is 28.9 Å². The van der Waals surface area contributed by atoms with Gasteiger partial charge < -0.3 is 10.0 Å². The summed E-state index contributed by atoms with van der Waals surface area (Å²) in [6.45, 7) is 2.22. The third-order valence-corrected chi connectivity index (χ3v) is 3.33. The summed E-state index contributed by atoms with van der Waals surface area (Å²) in [5, 5.41) is 9.36. The number of aromatic nitrogens is 1. The SMILES string of the molecule is Cc1cc(Cl)c(C(=O)N2CCCC2C(=O)O)cn1. The molecule has 1 aromatic rings. The van der Waals surface area contributed by atoms with Crippen LogP contribution in [0.5, 0.6) is 0 Å². The van der Waals surface area contributed by atoms with Gasteiger partial charge in [0.1, 0.15) is 6.04 Å². The number of hydrogen-bond acceptors (Lipinski definition) is 3. The van der Waals surface area contributed by atoms with Gasteiger partial charge >= 0.3 is 5.97 Å². The van der Waals surface area contributed by atoms with Crippen LogP contribution in [0.3, 0.4) is 0 Å². The van der Waals surface area contributed by atoms with Crippen molar-refractivity contribution in [3.63, 3.8) is 0 Å². The quantitative estimate of drug-likeness (QED) is 0.887. The van der Waals surface area contributed by atoms with Gasteiger partial charge in [-0.2, -0.15) is 0 Å². The summed E-state index contributed by atoms with van der Waals surface area (Å²) in [4.78, 5) is 28.6. The Balaban J connectivity index is 2.28. The topological polar surface area (TPSA) is 70.5 Å². The van der Waals surface area contributed by atoms with Crippen molar-refractivity contribution in [1.82, 2.24) is 9.88 Å². The van der Waals surface area contributed by atoms with E-state index < -0.39 is 12.0 Å². The van der Waals surface area contributed by atoms with Crippen LogP contribution in [-0.2, 0) is 4.79 Å². The number of rotatable bonds is 2. The molecule has 0 aliphatic carbocycles. The molecule has 96 valence electrons. The first-order valence-electron chi connectivity index (χ1n) is 5.66. The molecule has 1 aromatic heterocycles. The summed E-state index contributed by atoms with van der Waals surface area (Å²) in [6, 6.07) is 0.843. The fraction of sp³-hybridized carbons (Fsp3) is 0.417. The monoisotopic (exact) mass is 268 g/mol. The molecule has 0 spiro atoms. The zero-order valence-corrected chi connectivity index (χ0v) is 10.6. The molecule has 5 nitrogen and oxygen atoms in total. The van der Waals surface area contributed by atoms with E-state index in [1.165, 1.54) is 11.1 Å². The maximum atomic E-state index is 12.2. The van der Waals surface area contributed by atoms with E-state index in [-0.39, 0.29) is 11.5 Å². The lowest BCUT2D eigenvalue weighted by Crippen LogP contribution is -2.40. The van der Waals surface area contributed by atoms with Crippen molar-refractivity contribution in [3.8, 4) is 0 Å². The van der Waals surface area contributed by atoms with Gasteiger partial charge in [-0.25, -0.2) is 4.79 Å². The minimum Gasteiger partial charge on any atom is -0.480 e. The fourth-order valence-electron chi connectivity index (χ4n) is 2.11. The number of likely N-dealkylation sites (tertiary alicyclic amines) is 1. The van der Waals surface area contributed by atoms with Crippen molar-refractivity contribution in [3.05, 3.63) is 28.5 Å². The lowest BCUT2D eigenvalue weighted by Gasteiger charge is -2.21. The molecule has 1 atom stereocenters. The number of aryl methyl sites for hydroxylation is 1. The molecule has 1 unspecified atom stereocenters. The Bertz CT molecular complexity index is 504. The maximum absolute atomic E-state index is 12.2. The van der Waals surface area contributed by atoms with Gasteiger partial charge in [0.25, 0.3) is 5.91 Å². The number of amides is 1. The van der Waals surface area contributed by atoms with Crippen LogP contribution >= 0.6 is 11.6 Å². The molecular formula is C12H13ClN2O3. The van der Waals surface area contributed by atoms with Gasteiger partial charge in [0.15, 0.2) is 0 Å². The third-order valence-electron chi connectivity index (χ3n) is 3.02. The van der Waals surface area contributed by atoms with Crippen molar-refractivity contribution in [2.45, 2.75) is 25.8 Å². The first kappa shape index (κ1) is 12.8. The Labute approximate surface area is 109 Å². The lowest BCUT2D eigenvalue weighted by atomic mass is 10.2. The Hall–Kier alpha value is -1.62. The summed E-state index contributed by atoms with van der Waals surface area (Å²) >= 11 is 6.00. The summed E-state index contributed by atoms with van der Waals surface area (Å²) in [6.07, 6.45) is 2.58. The number of nitrogens with zero attached hydrogens (tertiary/aromatic N) is 2. The fourth-order valence-corrected chi connectivity index (χ4v) is 2.39. The van der Waals surface area contributed by atoms with E-state index in [1.807, 2.05) is 0 Å². The van der Waals surface area contributed by atoms with Gasteiger partial charge in [-0.3, -0.25) is 9.78 Å². The second-order valence-corrected chi connectivity index (χ2v) is 4.71. The van der Waals surface area contributed by atoms with E-state index in [9.17, 15) is 9.59 Å². The average Bonchev–Trinajstić information content (AvgIpc) is 2.77. The predicted molar refractivity (Wildman–Crippen MR) is 65.7 cm³/mol. The third kappa shape index (κ3) is 2.31. The standard InChI is InChI=1S/C12H13ClN2O3/c1-7-5-9(13)8(6-14-7)11(16)15-4-2-3-10(15)12(17)18/h5-6,10H,2-4H2,1H3,(H,17,18). The smallest absolute Gasteiger partial charge is 0.326 e. The van der Waals surface area contributed by atoms with Gasteiger partial charge in [0.05, 0.1) is 10.6 Å². The van der Waals surface area contributed by atoms with E-state index in [4.69, 9.17) is 16.7 Å². The highest BCUT2D eigenvalue weighted by atomic mass is 35.5. The van der Waals surface area contributed by atoms with Gasteiger partial charge in [-0.05, 0) is 25.8 Å². The van der Waals surface area contributed by atoms with Gasteiger partial charge in [-0.15, -0.1) is 0 Å². The van der Waals surface area contributed by atoms with Crippen LogP contribution in [-0.4, -0.2) is 39.5 Å². The zero-order valence-electron chi connectivity index (χ0n) is 9.89.